The van der Waals surface area contributed by atoms with Gasteiger partial charge < -0.3 is 10.1 Å². The van der Waals surface area contributed by atoms with E-state index in [-0.39, 0.29) is 6.54 Å². The molecule has 0 aliphatic carbocycles. The number of nitrogens with one attached hydrogen (secondary N) is 1. The van der Waals surface area contributed by atoms with Gasteiger partial charge in [0.2, 0.25) is 10.0 Å². The quantitative estimate of drug-likeness (QED) is 0.867. The molecule has 2 aromatic carbocycles. The fourth-order valence-corrected chi connectivity index (χ4v) is 3.93. The Hall–Kier alpha value is -2.25. The summed E-state index contributed by atoms with van der Waals surface area (Å²) >= 11 is 5.93. The standard InChI is InChI=1S/C18H19ClN2O4S/c1-11-4-7-16-15(8-11)21(26(3,23)24)10-17(25-16)18(22)20-14-6-5-13(19)9-12(14)2/h4-9,17H,10H2,1-3H3,(H,20,22)/t17-/m1/s1. The van der Waals surface area contributed by atoms with Crippen molar-refractivity contribution in [2.75, 3.05) is 22.4 Å². The van der Waals surface area contributed by atoms with Gasteiger partial charge >= 0.3 is 0 Å². The van der Waals surface area contributed by atoms with E-state index >= 15 is 0 Å². The van der Waals surface area contributed by atoms with Gasteiger partial charge in [-0.05, 0) is 55.3 Å². The van der Waals surface area contributed by atoms with E-state index in [0.29, 0.717) is 22.1 Å². The summed E-state index contributed by atoms with van der Waals surface area (Å²) in [4.78, 5) is 12.7. The molecule has 0 saturated heterocycles. The Bertz CT molecular complexity index is 975. The van der Waals surface area contributed by atoms with E-state index in [2.05, 4.69) is 5.32 Å². The molecule has 2 aromatic rings. The average molecular weight is 395 g/mol. The van der Waals surface area contributed by atoms with E-state index in [4.69, 9.17) is 16.3 Å². The Morgan fingerprint density at radius 1 is 1.23 bits per heavy atom. The molecule has 1 N–H and O–H groups in total. The Kier molecular flexibility index (Phi) is 4.86. The zero-order valence-electron chi connectivity index (χ0n) is 14.6. The van der Waals surface area contributed by atoms with Crippen LogP contribution in [0, 0.1) is 13.8 Å². The first-order valence-corrected chi connectivity index (χ1v) is 10.2. The number of nitrogens with zero attached hydrogens (tertiary/aromatic N) is 1. The first-order valence-electron chi connectivity index (χ1n) is 7.97. The number of rotatable bonds is 3. The number of anilines is 2. The highest BCUT2D eigenvalue weighted by Crippen LogP contribution is 2.36. The molecule has 0 bridgehead atoms. The third kappa shape index (κ3) is 3.78. The highest BCUT2D eigenvalue weighted by Gasteiger charge is 2.35. The summed E-state index contributed by atoms with van der Waals surface area (Å²) in [7, 11) is -3.55. The summed E-state index contributed by atoms with van der Waals surface area (Å²) < 4.78 is 31.4. The second-order valence-corrected chi connectivity index (χ2v) is 8.66. The van der Waals surface area contributed by atoms with E-state index in [1.807, 2.05) is 19.9 Å². The highest BCUT2D eigenvalue weighted by molar-refractivity contribution is 7.92. The van der Waals surface area contributed by atoms with Crippen LogP contribution in [-0.2, 0) is 14.8 Å². The Balaban J connectivity index is 1.89. The third-order valence-electron chi connectivity index (χ3n) is 4.12. The number of ether oxygens (including phenoxy) is 1. The predicted octanol–water partition coefficient (Wildman–Crippen LogP) is 3.12. The summed E-state index contributed by atoms with van der Waals surface area (Å²) in [6.45, 7) is 3.60. The average Bonchev–Trinajstić information content (AvgIpc) is 2.55. The van der Waals surface area contributed by atoms with Crippen molar-refractivity contribution in [3.63, 3.8) is 0 Å². The summed E-state index contributed by atoms with van der Waals surface area (Å²) in [5.74, 6) is -0.0597. The summed E-state index contributed by atoms with van der Waals surface area (Å²) in [6, 6.07) is 10.3. The lowest BCUT2D eigenvalue weighted by Crippen LogP contribution is -2.48. The molecular weight excluding hydrogens is 376 g/mol. The number of amides is 1. The first kappa shape index (κ1) is 18.5. The van der Waals surface area contributed by atoms with Gasteiger partial charge in [-0.25, -0.2) is 8.42 Å². The van der Waals surface area contributed by atoms with Crippen LogP contribution >= 0.6 is 11.6 Å². The number of benzene rings is 2. The van der Waals surface area contributed by atoms with Gasteiger partial charge in [-0.15, -0.1) is 0 Å². The molecule has 1 aliphatic heterocycles. The van der Waals surface area contributed by atoms with Crippen molar-refractivity contribution in [3.8, 4) is 5.75 Å². The van der Waals surface area contributed by atoms with Crippen LogP contribution in [0.5, 0.6) is 5.75 Å². The fourth-order valence-electron chi connectivity index (χ4n) is 2.79. The number of carbonyl (C=O) groups is 1. The van der Waals surface area contributed by atoms with Crippen LogP contribution in [0.15, 0.2) is 36.4 Å². The normalized spacial score (nSPS) is 16.6. The molecule has 8 heteroatoms. The Morgan fingerprint density at radius 3 is 2.62 bits per heavy atom. The van der Waals surface area contributed by atoms with Crippen molar-refractivity contribution in [3.05, 3.63) is 52.5 Å². The maximum absolute atomic E-state index is 12.7. The van der Waals surface area contributed by atoms with E-state index in [1.165, 1.54) is 4.31 Å². The van der Waals surface area contributed by atoms with E-state index in [1.54, 1.807) is 30.3 Å². The molecule has 0 unspecified atom stereocenters. The maximum Gasteiger partial charge on any atom is 0.267 e. The van der Waals surface area contributed by atoms with Gasteiger partial charge in [-0.1, -0.05) is 17.7 Å². The third-order valence-corrected chi connectivity index (χ3v) is 5.50. The fraction of sp³-hybridized carbons (Fsp3) is 0.278. The molecule has 138 valence electrons. The van der Waals surface area contributed by atoms with Crippen molar-refractivity contribution in [2.24, 2.45) is 0 Å². The monoisotopic (exact) mass is 394 g/mol. The summed E-state index contributed by atoms with van der Waals surface area (Å²) in [5.41, 5.74) is 2.75. The van der Waals surface area contributed by atoms with Crippen molar-refractivity contribution in [1.82, 2.24) is 0 Å². The molecule has 1 heterocycles. The second-order valence-electron chi connectivity index (χ2n) is 6.32. The van der Waals surface area contributed by atoms with Crippen molar-refractivity contribution in [1.29, 1.82) is 0 Å². The van der Waals surface area contributed by atoms with Crippen LogP contribution in [0.2, 0.25) is 5.02 Å². The minimum absolute atomic E-state index is 0.0895. The second kappa shape index (κ2) is 6.81. The zero-order chi connectivity index (χ0) is 19.1. The van der Waals surface area contributed by atoms with E-state index in [9.17, 15) is 13.2 Å². The predicted molar refractivity (Wildman–Crippen MR) is 103 cm³/mol. The number of hydrogen-bond donors (Lipinski definition) is 1. The SMILES string of the molecule is Cc1ccc2c(c1)N(S(C)(=O)=O)C[C@H](C(=O)Nc1ccc(Cl)cc1C)O2. The molecule has 6 nitrogen and oxygen atoms in total. The molecule has 1 aliphatic rings. The summed E-state index contributed by atoms with van der Waals surface area (Å²) in [5, 5.41) is 3.35. The molecule has 0 aromatic heterocycles. The van der Waals surface area contributed by atoms with Gasteiger partial charge in [0.25, 0.3) is 5.91 Å². The lowest BCUT2D eigenvalue weighted by molar-refractivity contribution is -0.122. The van der Waals surface area contributed by atoms with Crippen LogP contribution in [0.3, 0.4) is 0 Å². The molecule has 3 rings (SSSR count). The number of sulfonamides is 1. The van der Waals surface area contributed by atoms with Gasteiger partial charge in [0.05, 0.1) is 18.5 Å². The molecule has 0 radical (unpaired) electrons. The topological polar surface area (TPSA) is 75.7 Å². The Morgan fingerprint density at radius 2 is 1.96 bits per heavy atom. The number of halogens is 1. The van der Waals surface area contributed by atoms with E-state index < -0.39 is 22.0 Å². The molecule has 1 amide bonds. The Labute approximate surface area is 157 Å². The van der Waals surface area contributed by atoms with Gasteiger partial charge in [0.1, 0.15) is 5.75 Å². The molecule has 0 saturated carbocycles. The highest BCUT2D eigenvalue weighted by atomic mass is 35.5. The number of hydrogen-bond acceptors (Lipinski definition) is 4. The van der Waals surface area contributed by atoms with Gasteiger partial charge in [0.15, 0.2) is 6.10 Å². The van der Waals surface area contributed by atoms with Crippen molar-refractivity contribution >= 4 is 38.9 Å². The van der Waals surface area contributed by atoms with Crippen LogP contribution in [0.1, 0.15) is 11.1 Å². The van der Waals surface area contributed by atoms with Crippen LogP contribution in [0.4, 0.5) is 11.4 Å². The zero-order valence-corrected chi connectivity index (χ0v) is 16.2. The molecular formula is C18H19ClN2O4S. The van der Waals surface area contributed by atoms with Crippen LogP contribution in [-0.4, -0.2) is 33.2 Å². The smallest absolute Gasteiger partial charge is 0.267 e. The van der Waals surface area contributed by atoms with Gasteiger partial charge in [0, 0.05) is 10.7 Å². The van der Waals surface area contributed by atoms with Gasteiger partial charge in [-0.3, -0.25) is 9.10 Å². The lowest BCUT2D eigenvalue weighted by atomic mass is 10.1. The van der Waals surface area contributed by atoms with Crippen LogP contribution < -0.4 is 14.4 Å². The molecule has 0 fully saturated rings. The van der Waals surface area contributed by atoms with Crippen molar-refractivity contribution in [2.45, 2.75) is 20.0 Å². The number of aryl methyl sites for hydroxylation is 2. The summed E-state index contributed by atoms with van der Waals surface area (Å²) in [6.07, 6.45) is 0.151. The largest absolute Gasteiger partial charge is 0.476 e. The minimum atomic E-state index is -3.55. The van der Waals surface area contributed by atoms with Crippen molar-refractivity contribution < 1.29 is 17.9 Å². The molecule has 26 heavy (non-hydrogen) atoms. The number of carbonyl (C=O) groups excluding carboxylic acids is 1. The maximum atomic E-state index is 12.7. The molecule has 1 atom stereocenters. The lowest BCUT2D eigenvalue weighted by Gasteiger charge is -2.34. The molecule has 0 spiro atoms. The number of fused-ring (bicyclic) bond motifs is 1. The van der Waals surface area contributed by atoms with Gasteiger partial charge in [-0.2, -0.15) is 0 Å². The minimum Gasteiger partial charge on any atom is -0.476 e. The first-order chi connectivity index (χ1) is 12.1. The van der Waals surface area contributed by atoms with E-state index in [0.717, 1.165) is 17.4 Å². The van der Waals surface area contributed by atoms with Crippen LogP contribution in [0.25, 0.3) is 0 Å².